The number of rotatable bonds is 0. The van der Waals surface area contributed by atoms with Crippen molar-refractivity contribution in [3.8, 4) is 6.07 Å². The summed E-state index contributed by atoms with van der Waals surface area (Å²) in [5.74, 6) is 0.0147. The van der Waals surface area contributed by atoms with Crippen LogP contribution in [-0.4, -0.2) is 9.20 Å². The molecule has 0 aromatic heterocycles. The Hall–Kier alpha value is -1.48. The van der Waals surface area contributed by atoms with E-state index in [-0.39, 0.29) is 27.6 Å². The third-order valence-corrected chi connectivity index (χ3v) is 1.35. The van der Waals surface area contributed by atoms with Gasteiger partial charge in [0, 0.05) is 0 Å². The fourth-order valence-corrected chi connectivity index (χ4v) is 0.780. The highest BCUT2D eigenvalue weighted by molar-refractivity contribution is 7.67. The van der Waals surface area contributed by atoms with E-state index >= 15 is 0 Å². The van der Waals surface area contributed by atoms with Crippen molar-refractivity contribution in [1.29, 1.82) is 5.26 Å². The molecule has 0 saturated carbocycles. The molecule has 1 aliphatic heterocycles. The molecule has 2 N–H and O–H groups in total. The van der Waals surface area contributed by atoms with Crippen molar-refractivity contribution in [3.63, 3.8) is 0 Å². The fourth-order valence-electron chi connectivity index (χ4n) is 0.472. The van der Waals surface area contributed by atoms with Gasteiger partial charge in [-0.2, -0.15) is 5.26 Å². The molecule has 1 heterocycles. The van der Waals surface area contributed by atoms with Gasteiger partial charge < -0.3 is 5.73 Å². The largest absolute Gasteiger partial charge is 0.381 e. The van der Waals surface area contributed by atoms with E-state index in [1.807, 2.05) is 0 Å². The van der Waals surface area contributed by atoms with Crippen LogP contribution in [0.15, 0.2) is 21.6 Å². The first-order valence-corrected chi connectivity index (χ1v) is 3.02. The molecule has 1 rings (SSSR count). The van der Waals surface area contributed by atoms with E-state index in [1.54, 1.807) is 6.07 Å². The van der Waals surface area contributed by atoms with Crippen LogP contribution in [0.1, 0.15) is 0 Å². The Morgan fingerprint density at radius 2 is 2.30 bits per heavy atom. The maximum absolute atomic E-state index is 10.1. The van der Waals surface area contributed by atoms with Gasteiger partial charge in [0.1, 0.15) is 22.9 Å². The molecule has 0 atom stereocenters. The summed E-state index contributed by atoms with van der Waals surface area (Å²) in [6.45, 7) is 0. The summed E-state index contributed by atoms with van der Waals surface area (Å²) in [7, 11) is 0. The third kappa shape index (κ3) is 0.825. The van der Waals surface area contributed by atoms with E-state index in [0.717, 1.165) is 0 Å². The summed E-state index contributed by atoms with van der Waals surface area (Å²) in [4.78, 5) is 0.0417. The Morgan fingerprint density at radius 1 is 1.60 bits per heavy atom. The van der Waals surface area contributed by atoms with Gasteiger partial charge in [0.25, 0.3) is 0 Å². The SMILES string of the molecule is N#CC1=C(N)N=NC1=S=O. The zero-order chi connectivity index (χ0) is 7.56. The van der Waals surface area contributed by atoms with Gasteiger partial charge >= 0.3 is 0 Å². The molecule has 0 aromatic carbocycles. The fraction of sp³-hybridized carbons (Fsp3) is 0. The van der Waals surface area contributed by atoms with Crippen LogP contribution in [0.3, 0.4) is 0 Å². The quantitative estimate of drug-likeness (QED) is 0.476. The normalized spacial score (nSPS) is 15.7. The predicted octanol–water partition coefficient (Wildman–Crippen LogP) is -0.511. The van der Waals surface area contributed by atoms with Gasteiger partial charge in [-0.05, 0) is 0 Å². The maximum atomic E-state index is 10.1. The van der Waals surface area contributed by atoms with Crippen molar-refractivity contribution < 1.29 is 4.21 Å². The molecule has 50 valence electrons. The zero-order valence-electron chi connectivity index (χ0n) is 4.74. The number of nitrogens with two attached hydrogens (primary N) is 1. The highest BCUT2D eigenvalue weighted by Crippen LogP contribution is 2.10. The first kappa shape index (κ1) is 6.64. The summed E-state index contributed by atoms with van der Waals surface area (Å²) in [6.07, 6.45) is 0. The van der Waals surface area contributed by atoms with E-state index in [2.05, 4.69) is 10.2 Å². The van der Waals surface area contributed by atoms with E-state index in [4.69, 9.17) is 11.0 Å². The number of nitriles is 1. The maximum Gasteiger partial charge on any atom is 0.200 e. The molecule has 0 bridgehead atoms. The molecule has 6 heteroatoms. The van der Waals surface area contributed by atoms with E-state index < -0.39 is 0 Å². The van der Waals surface area contributed by atoms with Gasteiger partial charge in [-0.1, -0.05) is 0 Å². The first-order chi connectivity index (χ1) is 4.79. The Kier molecular flexibility index (Phi) is 1.60. The van der Waals surface area contributed by atoms with Crippen molar-refractivity contribution in [1.82, 2.24) is 0 Å². The van der Waals surface area contributed by atoms with Crippen LogP contribution >= 0.6 is 0 Å². The molecule has 0 aliphatic carbocycles. The lowest BCUT2D eigenvalue weighted by atomic mass is 10.3. The summed E-state index contributed by atoms with van der Waals surface area (Å²) in [5.41, 5.74) is 5.25. The Bertz CT molecular complexity index is 317. The average molecular weight is 154 g/mol. The lowest BCUT2D eigenvalue weighted by molar-refractivity contribution is 0.701. The van der Waals surface area contributed by atoms with Crippen molar-refractivity contribution in [2.75, 3.05) is 0 Å². The number of hydrogen-bond donors (Lipinski definition) is 1. The van der Waals surface area contributed by atoms with Crippen LogP contribution in [-0.2, 0) is 11.3 Å². The Labute approximate surface area is 59.9 Å². The average Bonchev–Trinajstić information content (AvgIpc) is 2.30. The van der Waals surface area contributed by atoms with Gasteiger partial charge in [0.15, 0.2) is 10.8 Å². The summed E-state index contributed by atoms with van der Waals surface area (Å²) < 4.78 is 10.1. The van der Waals surface area contributed by atoms with Crippen LogP contribution in [0, 0.1) is 11.3 Å². The van der Waals surface area contributed by atoms with Crippen LogP contribution in [0.4, 0.5) is 0 Å². The third-order valence-electron chi connectivity index (χ3n) is 0.909. The van der Waals surface area contributed by atoms with E-state index in [9.17, 15) is 4.21 Å². The highest BCUT2D eigenvalue weighted by atomic mass is 32.1. The predicted molar refractivity (Wildman–Crippen MR) is 34.8 cm³/mol. The minimum absolute atomic E-state index is 0.0147. The second kappa shape index (κ2) is 2.41. The number of nitrogens with zero attached hydrogens (tertiary/aromatic N) is 3. The van der Waals surface area contributed by atoms with Gasteiger partial charge in [0.05, 0.1) is 0 Å². The summed E-state index contributed by atoms with van der Waals surface area (Å²) >= 11 is 0.115. The van der Waals surface area contributed by atoms with Crippen molar-refractivity contribution in [2.24, 2.45) is 16.0 Å². The minimum atomic E-state index is 0.0147. The molecule has 5 nitrogen and oxygen atoms in total. The molecule has 0 radical (unpaired) electrons. The summed E-state index contributed by atoms with van der Waals surface area (Å²) in [6, 6.07) is 1.72. The van der Waals surface area contributed by atoms with Crippen molar-refractivity contribution in [2.45, 2.75) is 0 Å². The second-order valence-electron chi connectivity index (χ2n) is 1.46. The zero-order valence-corrected chi connectivity index (χ0v) is 5.55. The molecule has 1 aliphatic rings. The van der Waals surface area contributed by atoms with E-state index in [0.29, 0.717) is 0 Å². The van der Waals surface area contributed by atoms with Gasteiger partial charge in [-0.25, -0.2) is 4.21 Å². The van der Waals surface area contributed by atoms with Crippen LogP contribution in [0.2, 0.25) is 0 Å². The van der Waals surface area contributed by atoms with Crippen LogP contribution in [0.25, 0.3) is 0 Å². The standard InChI is InChI=1S/C4H2N4OS/c5-1-2-3(6)7-8-4(2)10-9/h6H2. The lowest BCUT2D eigenvalue weighted by Crippen LogP contribution is -1.99. The second-order valence-corrected chi connectivity index (χ2v) is 2.01. The highest BCUT2D eigenvalue weighted by Gasteiger charge is 2.15. The molecule has 0 amide bonds. The molecule has 0 aromatic rings. The van der Waals surface area contributed by atoms with Gasteiger partial charge in [-0.15, -0.1) is 10.2 Å². The number of azo groups is 1. The molecule has 10 heavy (non-hydrogen) atoms. The minimum Gasteiger partial charge on any atom is -0.381 e. The summed E-state index contributed by atoms with van der Waals surface area (Å²) in [5, 5.41) is 15.1. The number of hydrogen-bond acceptors (Lipinski definition) is 4. The van der Waals surface area contributed by atoms with Crippen molar-refractivity contribution in [3.05, 3.63) is 11.4 Å². The Balaban J connectivity index is 3.24. The molecule has 0 unspecified atom stereocenters. The molecular formula is C4H2N4OS. The Morgan fingerprint density at radius 3 is 2.70 bits per heavy atom. The van der Waals surface area contributed by atoms with Crippen molar-refractivity contribution >= 4 is 16.2 Å². The smallest absolute Gasteiger partial charge is 0.200 e. The van der Waals surface area contributed by atoms with Crippen LogP contribution in [0.5, 0.6) is 0 Å². The molecule has 0 saturated heterocycles. The molecule has 0 spiro atoms. The van der Waals surface area contributed by atoms with Gasteiger partial charge in [0.2, 0.25) is 0 Å². The first-order valence-electron chi connectivity index (χ1n) is 2.28. The topological polar surface area (TPSA) is 91.6 Å². The van der Waals surface area contributed by atoms with Gasteiger partial charge in [-0.3, -0.25) is 0 Å². The monoisotopic (exact) mass is 154 g/mol. The van der Waals surface area contributed by atoms with Crippen LogP contribution < -0.4 is 5.73 Å². The molecular weight excluding hydrogens is 152 g/mol. The lowest BCUT2D eigenvalue weighted by Gasteiger charge is -1.81. The van der Waals surface area contributed by atoms with E-state index in [1.165, 1.54) is 0 Å². The molecule has 0 fully saturated rings.